The Balaban J connectivity index is 1.75. The minimum Gasteiger partial charge on any atom is -0.340 e. The zero-order chi connectivity index (χ0) is 19.0. The van der Waals surface area contributed by atoms with Crippen molar-refractivity contribution in [2.45, 2.75) is 51.0 Å². The molecule has 142 valence electrons. The highest BCUT2D eigenvalue weighted by Crippen LogP contribution is 2.36. The van der Waals surface area contributed by atoms with E-state index in [9.17, 15) is 4.79 Å². The summed E-state index contributed by atoms with van der Waals surface area (Å²) in [5, 5.41) is 8.48. The smallest absolute Gasteiger partial charge is 0.269 e. The van der Waals surface area contributed by atoms with E-state index in [1.807, 2.05) is 35.9 Å². The fourth-order valence-electron chi connectivity index (χ4n) is 4.11. The third-order valence-corrected chi connectivity index (χ3v) is 6.33. The van der Waals surface area contributed by atoms with Gasteiger partial charge < -0.3 is 14.4 Å². The SMILES string of the molecule is Cc1nc(C2(NC(=O)c3c(Br)c4ccccc4n3C)CCCCCC2)no1. The predicted octanol–water partition coefficient (Wildman–Crippen LogP) is 4.61. The Hall–Kier alpha value is -2.15. The first kappa shape index (κ1) is 18.2. The van der Waals surface area contributed by atoms with Gasteiger partial charge in [-0.2, -0.15) is 4.98 Å². The van der Waals surface area contributed by atoms with Crippen LogP contribution >= 0.6 is 15.9 Å². The van der Waals surface area contributed by atoms with Crippen LogP contribution in [-0.4, -0.2) is 20.6 Å². The molecule has 0 unspecified atom stereocenters. The molecule has 2 aromatic heterocycles. The first-order chi connectivity index (χ1) is 13.0. The van der Waals surface area contributed by atoms with Crippen LogP contribution in [0.3, 0.4) is 0 Å². The molecule has 0 atom stereocenters. The molecule has 3 aromatic rings. The minimum atomic E-state index is -0.582. The number of carbonyl (C=O) groups is 1. The number of para-hydroxylation sites is 1. The number of benzene rings is 1. The zero-order valence-electron chi connectivity index (χ0n) is 15.6. The van der Waals surface area contributed by atoms with Gasteiger partial charge in [-0.15, -0.1) is 0 Å². The van der Waals surface area contributed by atoms with E-state index in [1.165, 1.54) is 0 Å². The highest BCUT2D eigenvalue weighted by Gasteiger charge is 2.39. The monoisotopic (exact) mass is 430 g/mol. The average Bonchev–Trinajstić information content (AvgIpc) is 3.10. The molecule has 1 N–H and O–H groups in total. The summed E-state index contributed by atoms with van der Waals surface area (Å²) in [5.41, 5.74) is 1.04. The molecular weight excluding hydrogens is 408 g/mol. The van der Waals surface area contributed by atoms with Crippen molar-refractivity contribution in [2.75, 3.05) is 0 Å². The van der Waals surface area contributed by atoms with Gasteiger partial charge in [-0.05, 0) is 34.8 Å². The third-order valence-electron chi connectivity index (χ3n) is 5.53. The second-order valence-corrected chi connectivity index (χ2v) is 8.12. The van der Waals surface area contributed by atoms with Crippen LogP contribution in [0.5, 0.6) is 0 Å². The molecule has 1 aliphatic carbocycles. The van der Waals surface area contributed by atoms with E-state index in [0.29, 0.717) is 17.4 Å². The number of nitrogens with zero attached hydrogens (tertiary/aromatic N) is 3. The van der Waals surface area contributed by atoms with Gasteiger partial charge in [-0.3, -0.25) is 4.79 Å². The van der Waals surface area contributed by atoms with Crippen molar-refractivity contribution in [3.63, 3.8) is 0 Å². The van der Waals surface area contributed by atoms with Crippen molar-refractivity contribution in [3.8, 4) is 0 Å². The second kappa shape index (κ2) is 7.11. The maximum Gasteiger partial charge on any atom is 0.269 e. The lowest BCUT2D eigenvalue weighted by atomic mass is 9.89. The van der Waals surface area contributed by atoms with Crippen LogP contribution in [0.25, 0.3) is 10.9 Å². The van der Waals surface area contributed by atoms with E-state index in [-0.39, 0.29) is 5.91 Å². The summed E-state index contributed by atoms with van der Waals surface area (Å²) in [6, 6.07) is 7.98. The highest BCUT2D eigenvalue weighted by molar-refractivity contribution is 9.10. The maximum atomic E-state index is 13.4. The summed E-state index contributed by atoms with van der Waals surface area (Å²) < 4.78 is 7.98. The Labute approximate surface area is 166 Å². The van der Waals surface area contributed by atoms with Gasteiger partial charge in [-0.1, -0.05) is 49.0 Å². The number of amides is 1. The van der Waals surface area contributed by atoms with E-state index in [4.69, 9.17) is 4.52 Å². The molecule has 0 spiro atoms. The molecule has 1 saturated carbocycles. The summed E-state index contributed by atoms with van der Waals surface area (Å²) >= 11 is 3.63. The molecule has 1 fully saturated rings. The molecule has 7 heteroatoms. The van der Waals surface area contributed by atoms with E-state index in [0.717, 1.165) is 53.9 Å². The first-order valence-corrected chi connectivity index (χ1v) is 10.2. The largest absolute Gasteiger partial charge is 0.340 e. The molecule has 1 aliphatic rings. The van der Waals surface area contributed by atoms with Crippen LogP contribution in [-0.2, 0) is 12.6 Å². The van der Waals surface area contributed by atoms with Crippen molar-refractivity contribution in [2.24, 2.45) is 7.05 Å². The van der Waals surface area contributed by atoms with Gasteiger partial charge in [-0.25, -0.2) is 0 Å². The number of rotatable bonds is 3. The van der Waals surface area contributed by atoms with Crippen LogP contribution in [0.1, 0.15) is 60.7 Å². The lowest BCUT2D eigenvalue weighted by Crippen LogP contribution is -2.47. The lowest BCUT2D eigenvalue weighted by Gasteiger charge is -2.30. The van der Waals surface area contributed by atoms with Gasteiger partial charge in [0.2, 0.25) is 5.89 Å². The summed E-state index contributed by atoms with van der Waals surface area (Å²) in [7, 11) is 1.92. The van der Waals surface area contributed by atoms with Gasteiger partial charge in [0.1, 0.15) is 11.2 Å². The fraction of sp³-hybridized carbons (Fsp3) is 0.450. The van der Waals surface area contributed by atoms with Crippen LogP contribution in [0, 0.1) is 6.92 Å². The molecule has 1 aromatic carbocycles. The van der Waals surface area contributed by atoms with Crippen molar-refractivity contribution in [3.05, 3.63) is 46.1 Å². The highest BCUT2D eigenvalue weighted by atomic mass is 79.9. The molecular formula is C20H23BrN4O2. The van der Waals surface area contributed by atoms with E-state index in [2.05, 4.69) is 31.4 Å². The van der Waals surface area contributed by atoms with Gasteiger partial charge in [0.25, 0.3) is 5.91 Å². The predicted molar refractivity (Wildman–Crippen MR) is 107 cm³/mol. The van der Waals surface area contributed by atoms with Crippen molar-refractivity contribution >= 4 is 32.7 Å². The Morgan fingerprint density at radius 1 is 1.22 bits per heavy atom. The van der Waals surface area contributed by atoms with Crippen molar-refractivity contribution < 1.29 is 9.32 Å². The second-order valence-electron chi connectivity index (χ2n) is 7.33. The standard InChI is InChI=1S/C20H23BrN4O2/c1-13-22-19(24-27-13)20(11-7-3-4-8-12-20)23-18(26)17-16(21)14-9-5-6-10-15(14)25(17)2/h5-6,9-10H,3-4,7-8,11-12H2,1-2H3,(H,23,26). The molecule has 0 bridgehead atoms. The van der Waals surface area contributed by atoms with Gasteiger partial charge >= 0.3 is 0 Å². The average molecular weight is 431 g/mol. The molecule has 27 heavy (non-hydrogen) atoms. The maximum absolute atomic E-state index is 13.4. The number of carbonyl (C=O) groups excluding carboxylic acids is 1. The first-order valence-electron chi connectivity index (χ1n) is 9.38. The van der Waals surface area contributed by atoms with Crippen LogP contribution < -0.4 is 5.32 Å². The van der Waals surface area contributed by atoms with Gasteiger partial charge in [0.05, 0.1) is 4.47 Å². The number of hydrogen-bond donors (Lipinski definition) is 1. The molecule has 0 radical (unpaired) electrons. The van der Waals surface area contributed by atoms with E-state index in [1.54, 1.807) is 6.92 Å². The Bertz CT molecular complexity index is 944. The number of nitrogens with one attached hydrogen (secondary N) is 1. The Morgan fingerprint density at radius 3 is 2.56 bits per heavy atom. The molecule has 4 rings (SSSR count). The van der Waals surface area contributed by atoms with Gasteiger partial charge in [0, 0.05) is 24.9 Å². The number of aryl methyl sites for hydroxylation is 2. The normalized spacial score (nSPS) is 17.0. The van der Waals surface area contributed by atoms with Crippen molar-refractivity contribution in [1.82, 2.24) is 20.0 Å². The summed E-state index contributed by atoms with van der Waals surface area (Å²) in [6.45, 7) is 1.78. The molecule has 6 nitrogen and oxygen atoms in total. The Kier molecular flexibility index (Phi) is 4.80. The summed E-state index contributed by atoms with van der Waals surface area (Å²) in [5.74, 6) is 0.990. The molecule has 0 saturated heterocycles. The van der Waals surface area contributed by atoms with Crippen LogP contribution in [0.2, 0.25) is 0 Å². The van der Waals surface area contributed by atoms with Crippen molar-refractivity contribution in [1.29, 1.82) is 0 Å². The topological polar surface area (TPSA) is 73.0 Å². The van der Waals surface area contributed by atoms with Gasteiger partial charge in [0.15, 0.2) is 5.82 Å². The summed E-state index contributed by atoms with van der Waals surface area (Å²) in [6.07, 6.45) is 6.02. The third kappa shape index (κ3) is 3.18. The summed E-state index contributed by atoms with van der Waals surface area (Å²) in [4.78, 5) is 17.8. The van der Waals surface area contributed by atoms with Crippen LogP contribution in [0.4, 0.5) is 0 Å². The number of aromatic nitrogens is 3. The molecule has 0 aliphatic heterocycles. The van der Waals surface area contributed by atoms with E-state index >= 15 is 0 Å². The number of fused-ring (bicyclic) bond motifs is 1. The molecule has 2 heterocycles. The Morgan fingerprint density at radius 2 is 1.93 bits per heavy atom. The van der Waals surface area contributed by atoms with E-state index < -0.39 is 5.54 Å². The number of halogens is 1. The zero-order valence-corrected chi connectivity index (χ0v) is 17.2. The molecule has 1 amide bonds. The number of hydrogen-bond acceptors (Lipinski definition) is 4. The minimum absolute atomic E-state index is 0.120. The fourth-order valence-corrected chi connectivity index (χ4v) is 4.89. The van der Waals surface area contributed by atoms with Crippen LogP contribution in [0.15, 0.2) is 33.3 Å². The quantitative estimate of drug-likeness (QED) is 0.615. The lowest BCUT2D eigenvalue weighted by molar-refractivity contribution is 0.0867.